The summed E-state index contributed by atoms with van der Waals surface area (Å²) in [6.07, 6.45) is 8.02. The quantitative estimate of drug-likeness (QED) is 0.0440. The van der Waals surface area contributed by atoms with Crippen molar-refractivity contribution in [1.82, 2.24) is 15.5 Å². The number of aliphatic carboxylic acids is 1. The number of carboxylic acids is 1. The van der Waals surface area contributed by atoms with Crippen LogP contribution < -0.4 is 10.6 Å². The predicted octanol–water partition coefficient (Wildman–Crippen LogP) is 7.02. The molecule has 10 nitrogen and oxygen atoms in total. The zero-order valence-corrected chi connectivity index (χ0v) is 34.1. The molecule has 0 aliphatic heterocycles. The van der Waals surface area contributed by atoms with Crippen molar-refractivity contribution in [2.75, 3.05) is 56.8 Å². The number of unbranched alkanes of at least 4 members (excludes halogenated alkanes) is 1. The van der Waals surface area contributed by atoms with Crippen molar-refractivity contribution in [1.29, 1.82) is 0 Å². The van der Waals surface area contributed by atoms with E-state index >= 15 is 0 Å². The molecule has 3 N–H and O–H groups in total. The van der Waals surface area contributed by atoms with Crippen molar-refractivity contribution in [2.24, 2.45) is 10.9 Å². The number of nitrogens with one attached hydrogen (secondary N) is 2. The van der Waals surface area contributed by atoms with E-state index in [9.17, 15) is 19.2 Å². The Hall–Kier alpha value is -0.470. The SMILES string of the molecule is CCCC(=O)CCCCN(C)C.CCNC(=NCCCC(C)C)OC(=O)CCBr.CNC(=O)CCBr.Cl.Cl.O=C(O)CCBr. The summed E-state index contributed by atoms with van der Waals surface area (Å²) in [6, 6.07) is 0.349. The number of carboxylic acid groups (broad SMARTS) is 1. The average molecular weight is 870 g/mol. The number of ketones is 1. The molecule has 266 valence electrons. The van der Waals surface area contributed by atoms with Gasteiger partial charge in [-0.3, -0.25) is 19.2 Å². The maximum absolute atomic E-state index is 11.3. The highest BCUT2D eigenvalue weighted by atomic mass is 79.9. The summed E-state index contributed by atoms with van der Waals surface area (Å²) in [5.74, 6) is 0.175. The number of alkyl halides is 3. The van der Waals surface area contributed by atoms with Crippen molar-refractivity contribution in [3.8, 4) is 0 Å². The van der Waals surface area contributed by atoms with Gasteiger partial charge in [-0.15, -0.1) is 24.8 Å². The smallest absolute Gasteiger partial charge is 0.314 e. The molecule has 0 unspecified atom stereocenters. The fourth-order valence-electron chi connectivity index (χ4n) is 2.64. The molecule has 0 heterocycles. The first-order valence-electron chi connectivity index (χ1n) is 14.6. The molecule has 0 fully saturated rings. The molecule has 15 heteroatoms. The van der Waals surface area contributed by atoms with Gasteiger partial charge in [-0.1, -0.05) is 68.6 Å². The largest absolute Gasteiger partial charge is 0.481 e. The molecule has 0 saturated heterocycles. The Labute approximate surface area is 304 Å². The zero-order valence-electron chi connectivity index (χ0n) is 27.7. The molecule has 0 rings (SSSR count). The van der Waals surface area contributed by atoms with Crippen LogP contribution in [-0.4, -0.2) is 96.4 Å². The van der Waals surface area contributed by atoms with E-state index in [1.165, 1.54) is 0 Å². The Balaban J connectivity index is -0.000000117. The van der Waals surface area contributed by atoms with Crippen LogP contribution in [0.15, 0.2) is 4.99 Å². The molecule has 0 aromatic carbocycles. The molecule has 0 radical (unpaired) electrons. The second-order valence-electron chi connectivity index (χ2n) is 9.66. The first kappa shape index (κ1) is 55.9. The molecular formula is C29H59Br3Cl2N4O6. The number of Topliss-reactive ketones (excluding diaryl/α,β-unsaturated/α-hetero) is 1. The maximum atomic E-state index is 11.3. The summed E-state index contributed by atoms with van der Waals surface area (Å²) in [4.78, 5) is 48.6. The number of ether oxygens (including phenoxy) is 1. The van der Waals surface area contributed by atoms with Gasteiger partial charge in [-0.2, -0.15) is 0 Å². The van der Waals surface area contributed by atoms with Crippen LogP contribution >= 0.6 is 72.6 Å². The number of rotatable bonds is 18. The van der Waals surface area contributed by atoms with Gasteiger partial charge in [0.25, 0.3) is 6.02 Å². The number of hydrogen-bond acceptors (Lipinski definition) is 7. The third-order valence-electron chi connectivity index (χ3n) is 4.78. The number of carbonyl (C=O) groups is 4. The summed E-state index contributed by atoms with van der Waals surface area (Å²) in [5.41, 5.74) is 0. The van der Waals surface area contributed by atoms with Crippen LogP contribution in [-0.2, 0) is 23.9 Å². The van der Waals surface area contributed by atoms with E-state index in [1.807, 2.05) is 6.92 Å². The molecule has 0 atom stereocenters. The lowest BCUT2D eigenvalue weighted by Gasteiger charge is -2.08. The van der Waals surface area contributed by atoms with Gasteiger partial charge in [0.05, 0.1) is 12.8 Å². The highest BCUT2D eigenvalue weighted by Gasteiger charge is 2.06. The van der Waals surface area contributed by atoms with Crippen molar-refractivity contribution >= 4 is 102 Å². The van der Waals surface area contributed by atoms with Gasteiger partial charge in [0, 0.05) is 55.4 Å². The van der Waals surface area contributed by atoms with Crippen LogP contribution in [0.3, 0.4) is 0 Å². The number of amidine groups is 1. The molecule has 44 heavy (non-hydrogen) atoms. The van der Waals surface area contributed by atoms with E-state index in [0.717, 1.165) is 56.8 Å². The molecule has 0 aromatic rings. The molecule has 1 amide bonds. The van der Waals surface area contributed by atoms with E-state index in [4.69, 9.17) is 9.84 Å². The summed E-state index contributed by atoms with van der Waals surface area (Å²) in [5, 5.41) is 15.2. The minimum atomic E-state index is -0.758. The van der Waals surface area contributed by atoms with Crippen molar-refractivity contribution < 1.29 is 29.0 Å². The molecule has 0 aliphatic rings. The van der Waals surface area contributed by atoms with Crippen molar-refractivity contribution in [2.45, 2.75) is 91.9 Å². The van der Waals surface area contributed by atoms with Gasteiger partial charge < -0.3 is 25.4 Å². The first-order chi connectivity index (χ1) is 19.8. The number of carbonyl (C=O) groups excluding carboxylic acids is 3. The highest BCUT2D eigenvalue weighted by molar-refractivity contribution is 9.09. The average Bonchev–Trinajstić information content (AvgIpc) is 2.90. The Morgan fingerprint density at radius 1 is 0.864 bits per heavy atom. The highest BCUT2D eigenvalue weighted by Crippen LogP contribution is 2.03. The summed E-state index contributed by atoms with van der Waals surface area (Å²) < 4.78 is 5.11. The maximum Gasteiger partial charge on any atom is 0.314 e. The minimum Gasteiger partial charge on any atom is -0.481 e. The Kier molecular flexibility index (Phi) is 56.7. The van der Waals surface area contributed by atoms with E-state index < -0.39 is 5.97 Å². The van der Waals surface area contributed by atoms with Gasteiger partial charge in [0.15, 0.2) is 0 Å². The van der Waals surface area contributed by atoms with Crippen LogP contribution in [0.4, 0.5) is 0 Å². The number of nitrogens with zero attached hydrogens (tertiary/aromatic N) is 2. The van der Waals surface area contributed by atoms with E-state index in [2.05, 4.69) is 103 Å². The van der Waals surface area contributed by atoms with Crippen LogP contribution in [0, 0.1) is 5.92 Å². The van der Waals surface area contributed by atoms with Gasteiger partial charge in [0.2, 0.25) is 5.91 Å². The second-order valence-corrected chi connectivity index (χ2v) is 12.0. The van der Waals surface area contributed by atoms with E-state index in [0.29, 0.717) is 54.3 Å². The van der Waals surface area contributed by atoms with Gasteiger partial charge in [-0.05, 0) is 65.6 Å². The molecule has 0 aliphatic carbocycles. The summed E-state index contributed by atoms with van der Waals surface area (Å²) >= 11 is 9.30. The number of esters is 1. The number of amides is 1. The lowest BCUT2D eigenvalue weighted by atomic mass is 10.1. The van der Waals surface area contributed by atoms with E-state index in [-0.39, 0.29) is 43.1 Å². The van der Waals surface area contributed by atoms with Crippen LogP contribution in [0.25, 0.3) is 0 Å². The molecular weight excluding hydrogens is 811 g/mol. The fraction of sp³-hybridized carbons (Fsp3) is 0.828. The predicted molar refractivity (Wildman–Crippen MR) is 200 cm³/mol. The summed E-state index contributed by atoms with van der Waals surface area (Å²) in [6.45, 7) is 10.9. The molecule has 0 saturated carbocycles. The second kappa shape index (κ2) is 44.7. The fourth-order valence-corrected chi connectivity index (χ4v) is 3.66. The van der Waals surface area contributed by atoms with Crippen molar-refractivity contribution in [3.05, 3.63) is 0 Å². The van der Waals surface area contributed by atoms with E-state index in [1.54, 1.807) is 7.05 Å². The Bertz CT molecular complexity index is 708. The minimum absolute atomic E-state index is 0. The van der Waals surface area contributed by atoms with Gasteiger partial charge >= 0.3 is 11.9 Å². The van der Waals surface area contributed by atoms with Crippen LogP contribution in [0.2, 0.25) is 0 Å². The number of hydrogen-bond donors (Lipinski definition) is 3. The molecule has 0 aromatic heterocycles. The normalized spacial score (nSPS) is 9.86. The topological polar surface area (TPSA) is 137 Å². The monoisotopic (exact) mass is 866 g/mol. The standard InChI is InChI=1S/C12H23BrN2O2.C10H21NO.C4H8BrNO.C3H5BrO2.2ClH/c1-4-14-12(17-11(16)7-8-13)15-9-5-6-10(2)3;1-4-7-10(12)8-5-6-9-11(2)3;1-6-4(7)2-3-5;4-2-1-3(5)6;;/h10H,4-9H2,1-3H3,(H,14,15);4-9H2,1-3H3;2-3H2,1H3,(H,6,7);1-2H2,(H,5,6);2*1H. The number of halogens is 5. The first-order valence-corrected chi connectivity index (χ1v) is 18.0. The third-order valence-corrected chi connectivity index (χ3v) is 5.97. The van der Waals surface area contributed by atoms with Crippen LogP contribution in [0.5, 0.6) is 0 Å². The third kappa shape index (κ3) is 57.2. The Morgan fingerprint density at radius 3 is 1.80 bits per heavy atom. The Morgan fingerprint density at radius 2 is 1.43 bits per heavy atom. The lowest BCUT2D eigenvalue weighted by molar-refractivity contribution is -0.137. The summed E-state index contributed by atoms with van der Waals surface area (Å²) in [7, 11) is 5.76. The van der Waals surface area contributed by atoms with Crippen molar-refractivity contribution in [3.63, 3.8) is 0 Å². The van der Waals surface area contributed by atoms with Gasteiger partial charge in [0.1, 0.15) is 5.78 Å². The number of aliphatic imine (C=N–C) groups is 1. The zero-order chi connectivity index (χ0) is 33.2. The van der Waals surface area contributed by atoms with Crippen LogP contribution in [0.1, 0.15) is 91.9 Å². The van der Waals surface area contributed by atoms with Gasteiger partial charge in [-0.25, -0.2) is 4.99 Å². The molecule has 0 spiro atoms. The molecule has 0 bridgehead atoms. The lowest BCUT2D eigenvalue weighted by Crippen LogP contribution is -2.28.